The first kappa shape index (κ1) is 32.5. The van der Waals surface area contributed by atoms with E-state index in [-0.39, 0.29) is 49.2 Å². The van der Waals surface area contributed by atoms with Gasteiger partial charge in [0.25, 0.3) is 0 Å². The largest absolute Gasteiger partial charge is 0.469 e. The summed E-state index contributed by atoms with van der Waals surface area (Å²) in [5, 5.41) is 0. The summed E-state index contributed by atoms with van der Waals surface area (Å²) in [4.78, 5) is 36.4. The Balaban J connectivity index is 1.75. The second-order valence-electron chi connectivity index (χ2n) is 11.3. The molecule has 3 aliphatic heterocycles. The van der Waals surface area contributed by atoms with Crippen molar-refractivity contribution in [1.82, 2.24) is 0 Å². The predicted molar refractivity (Wildman–Crippen MR) is 156 cm³/mol. The highest BCUT2D eigenvalue weighted by molar-refractivity contribution is 5.82. The molecule has 0 radical (unpaired) electrons. The van der Waals surface area contributed by atoms with Gasteiger partial charge in [0.2, 0.25) is 0 Å². The van der Waals surface area contributed by atoms with E-state index in [2.05, 4.69) is 19.1 Å². The number of carbonyl (C=O) groups is 3. The molecule has 0 aliphatic carbocycles. The third kappa shape index (κ3) is 12.2. The highest BCUT2D eigenvalue weighted by Crippen LogP contribution is 2.33. The molecule has 0 saturated carbocycles. The molecule has 2 fully saturated rings. The molecule has 2 saturated heterocycles. The van der Waals surface area contributed by atoms with Gasteiger partial charge in [-0.3, -0.25) is 9.59 Å². The summed E-state index contributed by atoms with van der Waals surface area (Å²) in [6.07, 6.45) is 21.2. The summed E-state index contributed by atoms with van der Waals surface area (Å²) in [5.41, 5.74) is 1.81. The van der Waals surface area contributed by atoms with Gasteiger partial charge in [0, 0.05) is 18.9 Å². The second kappa shape index (κ2) is 17.1. The molecule has 226 valence electrons. The quantitative estimate of drug-likeness (QED) is 0.129. The van der Waals surface area contributed by atoms with Gasteiger partial charge in [-0.15, -0.1) is 0 Å². The highest BCUT2D eigenvalue weighted by Gasteiger charge is 2.33. The van der Waals surface area contributed by atoms with Gasteiger partial charge < -0.3 is 23.7 Å². The maximum Gasteiger partial charge on any atom is 0.330 e. The zero-order valence-electron chi connectivity index (χ0n) is 24.9. The Labute approximate surface area is 244 Å². The van der Waals surface area contributed by atoms with Crippen LogP contribution in [0.3, 0.4) is 0 Å². The minimum Gasteiger partial charge on any atom is -0.469 e. The van der Waals surface area contributed by atoms with Crippen molar-refractivity contribution in [3.05, 3.63) is 59.8 Å². The molecule has 0 amide bonds. The summed E-state index contributed by atoms with van der Waals surface area (Å²) in [5.74, 6) is -0.687. The number of allylic oxidation sites excluding steroid dienone is 5. The average molecular weight is 571 g/mol. The number of methoxy groups -OCH3 is 2. The van der Waals surface area contributed by atoms with E-state index in [0.29, 0.717) is 25.2 Å². The van der Waals surface area contributed by atoms with Crippen molar-refractivity contribution in [2.24, 2.45) is 5.92 Å². The number of esters is 3. The van der Waals surface area contributed by atoms with Crippen LogP contribution in [-0.2, 0) is 38.1 Å². The zero-order valence-corrected chi connectivity index (χ0v) is 24.9. The molecule has 6 unspecified atom stereocenters. The van der Waals surface area contributed by atoms with Crippen molar-refractivity contribution in [3.8, 4) is 0 Å². The molecule has 3 heterocycles. The molecule has 3 rings (SSSR count). The van der Waals surface area contributed by atoms with Crippen LogP contribution in [0.5, 0.6) is 0 Å². The molecule has 0 aromatic heterocycles. The summed E-state index contributed by atoms with van der Waals surface area (Å²) < 4.78 is 28.3. The normalized spacial score (nSPS) is 32.0. The molecule has 3 aliphatic rings. The minimum absolute atomic E-state index is 0.0961. The van der Waals surface area contributed by atoms with E-state index in [4.69, 9.17) is 23.7 Å². The fourth-order valence-electron chi connectivity index (χ4n) is 5.60. The van der Waals surface area contributed by atoms with Crippen LogP contribution >= 0.6 is 0 Å². The van der Waals surface area contributed by atoms with Crippen LogP contribution < -0.4 is 0 Å². The monoisotopic (exact) mass is 570 g/mol. The Morgan fingerprint density at radius 3 is 2.44 bits per heavy atom. The van der Waals surface area contributed by atoms with Crippen molar-refractivity contribution < 1.29 is 38.1 Å². The van der Waals surface area contributed by atoms with Crippen molar-refractivity contribution in [1.29, 1.82) is 0 Å². The highest BCUT2D eigenvalue weighted by atomic mass is 16.6. The summed E-state index contributed by atoms with van der Waals surface area (Å²) in [7, 11) is 2.73. The van der Waals surface area contributed by atoms with E-state index in [1.807, 2.05) is 37.3 Å². The number of fused-ring (bicyclic) bond motifs is 4. The molecular formula is C33H46O8. The lowest BCUT2D eigenvalue weighted by atomic mass is 9.90. The van der Waals surface area contributed by atoms with Crippen LogP contribution in [0, 0.1) is 5.92 Å². The molecule has 8 nitrogen and oxygen atoms in total. The van der Waals surface area contributed by atoms with Gasteiger partial charge >= 0.3 is 17.9 Å². The van der Waals surface area contributed by atoms with Crippen LogP contribution in [0.25, 0.3) is 0 Å². The molecule has 0 aromatic rings. The number of carbonyl (C=O) groups excluding carboxylic acids is 3. The van der Waals surface area contributed by atoms with Crippen LogP contribution in [0.1, 0.15) is 78.1 Å². The van der Waals surface area contributed by atoms with Crippen molar-refractivity contribution in [3.63, 3.8) is 0 Å². The number of hydrogen-bond acceptors (Lipinski definition) is 8. The van der Waals surface area contributed by atoms with Gasteiger partial charge in [-0.2, -0.15) is 0 Å². The van der Waals surface area contributed by atoms with Gasteiger partial charge in [-0.25, -0.2) is 4.79 Å². The van der Waals surface area contributed by atoms with Crippen LogP contribution in [0.15, 0.2) is 59.8 Å². The predicted octanol–water partition coefficient (Wildman–Crippen LogP) is 5.87. The maximum atomic E-state index is 13.1. The third-order valence-electron chi connectivity index (χ3n) is 7.58. The van der Waals surface area contributed by atoms with Crippen molar-refractivity contribution in [2.45, 2.75) is 109 Å². The molecular weight excluding hydrogens is 524 g/mol. The van der Waals surface area contributed by atoms with E-state index in [1.165, 1.54) is 20.3 Å². The van der Waals surface area contributed by atoms with E-state index in [0.717, 1.165) is 43.3 Å². The second-order valence-corrected chi connectivity index (χ2v) is 11.3. The Morgan fingerprint density at radius 2 is 1.68 bits per heavy atom. The fraction of sp³-hybridized carbons (Fsp3) is 0.606. The van der Waals surface area contributed by atoms with E-state index >= 15 is 0 Å². The van der Waals surface area contributed by atoms with Crippen LogP contribution in [0.2, 0.25) is 0 Å². The number of ether oxygens (including phenoxy) is 5. The number of rotatable bonds is 6. The summed E-state index contributed by atoms with van der Waals surface area (Å²) in [6, 6.07) is 0. The zero-order chi connectivity index (χ0) is 29.6. The summed E-state index contributed by atoms with van der Waals surface area (Å²) >= 11 is 0. The van der Waals surface area contributed by atoms with Gasteiger partial charge in [-0.05, 0) is 57.4 Å². The molecule has 0 N–H and O–H groups in total. The fourth-order valence-corrected chi connectivity index (χ4v) is 5.60. The number of hydrogen-bond donors (Lipinski definition) is 0. The van der Waals surface area contributed by atoms with E-state index in [1.54, 1.807) is 0 Å². The van der Waals surface area contributed by atoms with Crippen LogP contribution in [-0.4, -0.2) is 62.6 Å². The number of cyclic esters (lactones) is 1. The van der Waals surface area contributed by atoms with Crippen LogP contribution in [0.4, 0.5) is 0 Å². The third-order valence-corrected chi connectivity index (χ3v) is 7.58. The first-order valence-corrected chi connectivity index (χ1v) is 14.8. The first-order valence-electron chi connectivity index (χ1n) is 14.8. The lowest BCUT2D eigenvalue weighted by Gasteiger charge is -2.37. The Kier molecular flexibility index (Phi) is 13.6. The molecule has 41 heavy (non-hydrogen) atoms. The molecule has 6 atom stereocenters. The molecule has 0 spiro atoms. The lowest BCUT2D eigenvalue weighted by molar-refractivity contribution is -0.153. The first-order chi connectivity index (χ1) is 19.7. The van der Waals surface area contributed by atoms with Gasteiger partial charge in [0.05, 0.1) is 51.5 Å². The summed E-state index contributed by atoms with van der Waals surface area (Å²) in [6.45, 7) is 4.05. The molecule has 4 bridgehead atoms. The Morgan fingerprint density at radius 1 is 0.951 bits per heavy atom. The van der Waals surface area contributed by atoms with E-state index in [9.17, 15) is 14.4 Å². The topological polar surface area (TPSA) is 97.4 Å². The van der Waals surface area contributed by atoms with Gasteiger partial charge in [0.15, 0.2) is 0 Å². The van der Waals surface area contributed by atoms with Gasteiger partial charge in [-0.1, -0.05) is 54.5 Å². The Bertz CT molecular complexity index is 1040. The van der Waals surface area contributed by atoms with Crippen molar-refractivity contribution in [2.75, 3.05) is 14.2 Å². The minimum atomic E-state index is -0.441. The maximum absolute atomic E-state index is 13.1. The van der Waals surface area contributed by atoms with E-state index < -0.39 is 12.1 Å². The van der Waals surface area contributed by atoms with Gasteiger partial charge in [0.1, 0.15) is 6.10 Å². The standard InChI is InChI=1S/C33H46O8/c1-23-11-8-13-26(12-7-5-6-10-24(2)17-31(34)37-3)41-33(36)22-30-19-25(20-32(35)38-4)18-29(40-30)21-28-15-9-14-27(16-23)39-28/h5-8,10-12,20,23,26-30H,9,13-19,21-22H2,1-4H3/b6-5-,11-8+,12-7+,24-10+,25-20?. The lowest BCUT2D eigenvalue weighted by Crippen LogP contribution is -2.37. The smallest absolute Gasteiger partial charge is 0.330 e. The Hall–Kier alpha value is -2.97. The SMILES string of the molecule is COC(=O)C=C1CC2CC(=O)OC(/C=C/C=C\C=C(/C)CC(=O)OC)C/C=C/C(C)CC3CCCC(CC(C1)O2)O3. The average Bonchev–Trinajstić information content (AvgIpc) is 2.92. The molecule has 8 heteroatoms. The molecule has 0 aromatic carbocycles. The van der Waals surface area contributed by atoms with Crippen molar-refractivity contribution >= 4 is 17.9 Å².